The molecule has 2 unspecified atom stereocenters. The summed E-state index contributed by atoms with van der Waals surface area (Å²) in [6.45, 7) is 5.57. The number of carbonyl (C=O) groups is 1. The van der Waals surface area contributed by atoms with Crippen molar-refractivity contribution in [3.05, 3.63) is 33.8 Å². The molecule has 1 amide bonds. The van der Waals surface area contributed by atoms with E-state index in [4.69, 9.17) is 5.73 Å². The van der Waals surface area contributed by atoms with Crippen LogP contribution in [0.15, 0.2) is 22.7 Å². The van der Waals surface area contributed by atoms with Crippen molar-refractivity contribution in [3.63, 3.8) is 0 Å². The molecule has 1 aliphatic rings. The van der Waals surface area contributed by atoms with Gasteiger partial charge in [-0.05, 0) is 43.4 Å². The van der Waals surface area contributed by atoms with Crippen molar-refractivity contribution >= 4 is 21.8 Å². The van der Waals surface area contributed by atoms with Gasteiger partial charge < -0.3 is 10.6 Å². The number of likely N-dealkylation sites (tertiary alicyclic amines) is 1. The number of halogens is 1. The van der Waals surface area contributed by atoms with Crippen LogP contribution in [0, 0.1) is 12.8 Å². The van der Waals surface area contributed by atoms with Gasteiger partial charge >= 0.3 is 0 Å². The zero-order chi connectivity index (χ0) is 14.7. The molecule has 20 heavy (non-hydrogen) atoms. The van der Waals surface area contributed by atoms with Crippen LogP contribution in [-0.4, -0.2) is 29.9 Å². The Kier molecular flexibility index (Phi) is 5.22. The van der Waals surface area contributed by atoms with Gasteiger partial charge in [-0.2, -0.15) is 0 Å². The predicted octanol–water partition coefficient (Wildman–Crippen LogP) is 3.35. The van der Waals surface area contributed by atoms with E-state index >= 15 is 0 Å². The number of carbonyl (C=O) groups excluding carboxylic acids is 1. The number of hydrogen-bond donors (Lipinski definition) is 1. The SMILES string of the molecule is CCC1CCN(C(=O)c2cccc(Br)c2C)C(CN)C1. The number of hydrogen-bond acceptors (Lipinski definition) is 2. The Morgan fingerprint density at radius 3 is 2.90 bits per heavy atom. The molecule has 110 valence electrons. The summed E-state index contributed by atoms with van der Waals surface area (Å²) in [7, 11) is 0. The van der Waals surface area contributed by atoms with Crippen molar-refractivity contribution in [1.82, 2.24) is 4.90 Å². The maximum absolute atomic E-state index is 12.8. The summed E-state index contributed by atoms with van der Waals surface area (Å²) >= 11 is 3.50. The van der Waals surface area contributed by atoms with Gasteiger partial charge in [-0.3, -0.25) is 4.79 Å². The lowest BCUT2D eigenvalue weighted by Gasteiger charge is -2.39. The number of amides is 1. The normalized spacial score (nSPS) is 22.9. The largest absolute Gasteiger partial charge is 0.334 e. The lowest BCUT2D eigenvalue weighted by Crippen LogP contribution is -2.49. The van der Waals surface area contributed by atoms with Crippen molar-refractivity contribution in [2.24, 2.45) is 11.7 Å². The summed E-state index contributed by atoms with van der Waals surface area (Å²) in [4.78, 5) is 14.8. The first-order chi connectivity index (χ1) is 9.58. The Morgan fingerprint density at radius 2 is 2.25 bits per heavy atom. The minimum Gasteiger partial charge on any atom is -0.334 e. The Hall–Kier alpha value is -0.870. The molecule has 0 radical (unpaired) electrons. The molecule has 0 spiro atoms. The average molecular weight is 339 g/mol. The van der Waals surface area contributed by atoms with Gasteiger partial charge in [0.2, 0.25) is 0 Å². The van der Waals surface area contributed by atoms with Gasteiger partial charge in [0.05, 0.1) is 0 Å². The number of piperidine rings is 1. The monoisotopic (exact) mass is 338 g/mol. The third-order valence-corrected chi connectivity index (χ3v) is 5.29. The summed E-state index contributed by atoms with van der Waals surface area (Å²) in [6.07, 6.45) is 3.30. The van der Waals surface area contributed by atoms with E-state index in [9.17, 15) is 4.79 Å². The van der Waals surface area contributed by atoms with Crippen molar-refractivity contribution in [2.75, 3.05) is 13.1 Å². The molecule has 0 saturated carbocycles. The van der Waals surface area contributed by atoms with Crippen molar-refractivity contribution in [3.8, 4) is 0 Å². The molecular formula is C16H23BrN2O. The van der Waals surface area contributed by atoms with E-state index in [2.05, 4.69) is 22.9 Å². The van der Waals surface area contributed by atoms with Crippen LogP contribution >= 0.6 is 15.9 Å². The van der Waals surface area contributed by atoms with Crippen molar-refractivity contribution < 1.29 is 4.79 Å². The van der Waals surface area contributed by atoms with Gasteiger partial charge in [0, 0.05) is 29.2 Å². The van der Waals surface area contributed by atoms with E-state index in [1.807, 2.05) is 30.0 Å². The van der Waals surface area contributed by atoms with E-state index in [1.54, 1.807) is 0 Å². The summed E-state index contributed by atoms with van der Waals surface area (Å²) in [5, 5.41) is 0. The fraction of sp³-hybridized carbons (Fsp3) is 0.562. The molecule has 1 fully saturated rings. The Bertz CT molecular complexity index is 489. The van der Waals surface area contributed by atoms with Gasteiger partial charge in [-0.15, -0.1) is 0 Å². The standard InChI is InChI=1S/C16H23BrN2O/c1-3-12-7-8-19(13(9-12)10-18)16(20)14-5-4-6-15(17)11(14)2/h4-6,12-13H,3,7-10,18H2,1-2H3. The number of rotatable bonds is 3. The zero-order valence-electron chi connectivity index (χ0n) is 12.2. The van der Waals surface area contributed by atoms with E-state index in [1.165, 1.54) is 6.42 Å². The molecule has 0 aliphatic carbocycles. The summed E-state index contributed by atoms with van der Waals surface area (Å²) < 4.78 is 0.982. The van der Waals surface area contributed by atoms with Crippen LogP contribution in [-0.2, 0) is 0 Å². The second-order valence-corrected chi connectivity index (χ2v) is 6.45. The molecular weight excluding hydrogens is 316 g/mol. The average Bonchev–Trinajstić information content (AvgIpc) is 2.48. The van der Waals surface area contributed by atoms with Crippen LogP contribution in [0.4, 0.5) is 0 Å². The highest BCUT2D eigenvalue weighted by Gasteiger charge is 2.31. The van der Waals surface area contributed by atoms with Crippen molar-refractivity contribution in [1.29, 1.82) is 0 Å². The number of nitrogens with two attached hydrogens (primary N) is 1. The molecule has 0 bridgehead atoms. The smallest absolute Gasteiger partial charge is 0.254 e. The van der Waals surface area contributed by atoms with Crippen LogP contribution < -0.4 is 5.73 Å². The van der Waals surface area contributed by atoms with Gasteiger partial charge in [0.15, 0.2) is 0 Å². The third-order valence-electron chi connectivity index (χ3n) is 4.43. The Balaban J connectivity index is 2.22. The summed E-state index contributed by atoms with van der Waals surface area (Å²) in [6, 6.07) is 5.97. The summed E-state index contributed by atoms with van der Waals surface area (Å²) in [5.74, 6) is 0.824. The van der Waals surface area contributed by atoms with E-state index in [-0.39, 0.29) is 11.9 Å². The minimum atomic E-state index is 0.119. The Morgan fingerprint density at radius 1 is 1.50 bits per heavy atom. The molecule has 1 heterocycles. The topological polar surface area (TPSA) is 46.3 Å². The molecule has 1 aromatic rings. The van der Waals surface area contributed by atoms with E-state index in [0.29, 0.717) is 12.5 Å². The van der Waals surface area contributed by atoms with Gasteiger partial charge in [0.1, 0.15) is 0 Å². The highest BCUT2D eigenvalue weighted by atomic mass is 79.9. The van der Waals surface area contributed by atoms with Crippen LogP contribution in [0.2, 0.25) is 0 Å². The van der Waals surface area contributed by atoms with Gasteiger partial charge in [-0.1, -0.05) is 35.3 Å². The van der Waals surface area contributed by atoms with Crippen LogP contribution in [0.1, 0.15) is 42.1 Å². The summed E-state index contributed by atoms with van der Waals surface area (Å²) in [5.41, 5.74) is 7.68. The fourth-order valence-corrected chi connectivity index (χ4v) is 3.36. The first kappa shape index (κ1) is 15.5. The highest BCUT2D eigenvalue weighted by Crippen LogP contribution is 2.28. The maximum atomic E-state index is 12.8. The molecule has 4 heteroatoms. The molecule has 0 aromatic heterocycles. The first-order valence-electron chi connectivity index (χ1n) is 7.34. The Labute approximate surface area is 129 Å². The lowest BCUT2D eigenvalue weighted by atomic mass is 9.88. The van der Waals surface area contributed by atoms with E-state index in [0.717, 1.165) is 35.0 Å². The number of benzene rings is 1. The first-order valence-corrected chi connectivity index (χ1v) is 8.13. The molecule has 1 aliphatic heterocycles. The molecule has 2 N–H and O–H groups in total. The van der Waals surface area contributed by atoms with Gasteiger partial charge in [0.25, 0.3) is 5.91 Å². The minimum absolute atomic E-state index is 0.119. The predicted molar refractivity (Wildman–Crippen MR) is 85.8 cm³/mol. The second kappa shape index (κ2) is 6.72. The molecule has 1 aromatic carbocycles. The zero-order valence-corrected chi connectivity index (χ0v) is 13.8. The molecule has 2 rings (SSSR count). The van der Waals surface area contributed by atoms with Gasteiger partial charge in [-0.25, -0.2) is 0 Å². The van der Waals surface area contributed by atoms with E-state index < -0.39 is 0 Å². The quantitative estimate of drug-likeness (QED) is 0.918. The lowest BCUT2D eigenvalue weighted by molar-refractivity contribution is 0.0558. The van der Waals surface area contributed by atoms with Crippen molar-refractivity contribution in [2.45, 2.75) is 39.2 Å². The highest BCUT2D eigenvalue weighted by molar-refractivity contribution is 9.10. The van der Waals surface area contributed by atoms with Crippen LogP contribution in [0.3, 0.4) is 0 Å². The van der Waals surface area contributed by atoms with Crippen LogP contribution in [0.25, 0.3) is 0 Å². The molecule has 1 saturated heterocycles. The molecule has 2 atom stereocenters. The van der Waals surface area contributed by atoms with Crippen LogP contribution in [0.5, 0.6) is 0 Å². The maximum Gasteiger partial charge on any atom is 0.254 e. The second-order valence-electron chi connectivity index (χ2n) is 5.60. The molecule has 3 nitrogen and oxygen atoms in total. The third kappa shape index (κ3) is 3.07. The fourth-order valence-electron chi connectivity index (χ4n) is 2.99. The number of nitrogens with zero attached hydrogens (tertiary/aromatic N) is 1.